The minimum Gasteiger partial charge on any atom is -0.334 e. The monoisotopic (exact) mass is 693 g/mol. The zero-order valence-corrected chi connectivity index (χ0v) is 28.4. The standard InChI is InChI=1S/C39H40F5N3OS/c1-3-45-20-18-32(19-21-45)46(23-27-10-12-28(13-11-27)29-14-16-31(17-15-29)39(42,43)44)36(48)24-47-35-9-5-7-33(35)26(2)22-37(47)49-25-30-6-4-8-34(40)38(30)41/h4,6,8,10-17,22,32H,2-3,5,7,9,18-21,23-25H2,1H3. The van der Waals surface area contributed by atoms with Crippen LogP contribution in [0.1, 0.15) is 55.7 Å². The molecule has 0 N–H and O–H groups in total. The van der Waals surface area contributed by atoms with E-state index in [1.165, 1.54) is 30.0 Å². The lowest BCUT2D eigenvalue weighted by Crippen LogP contribution is -2.49. The molecular weight excluding hydrogens is 654 g/mol. The third kappa shape index (κ3) is 7.96. The maximum atomic E-state index is 14.6. The topological polar surface area (TPSA) is 26.8 Å². The molecule has 0 unspecified atom stereocenters. The van der Waals surface area contributed by atoms with E-state index in [1.54, 1.807) is 6.07 Å². The number of halogens is 5. The second-order valence-corrected chi connectivity index (χ2v) is 13.8. The number of carbonyl (C=O) groups excluding carboxylic acids is 1. The Kier molecular flexibility index (Phi) is 10.6. The van der Waals surface area contributed by atoms with Crippen molar-refractivity contribution in [2.24, 2.45) is 0 Å². The van der Waals surface area contributed by atoms with Crippen LogP contribution in [0, 0.1) is 11.6 Å². The average molecular weight is 694 g/mol. The van der Waals surface area contributed by atoms with Gasteiger partial charge in [-0.3, -0.25) is 4.79 Å². The molecule has 3 aromatic rings. The molecule has 2 heterocycles. The summed E-state index contributed by atoms with van der Waals surface area (Å²) in [6.07, 6.45) is 1.93. The average Bonchev–Trinajstić information content (AvgIpc) is 3.60. The van der Waals surface area contributed by atoms with Crippen LogP contribution < -0.4 is 0 Å². The summed E-state index contributed by atoms with van der Waals surface area (Å²) in [6, 6.07) is 17.0. The van der Waals surface area contributed by atoms with Gasteiger partial charge in [-0.15, -0.1) is 11.8 Å². The summed E-state index contributed by atoms with van der Waals surface area (Å²) in [6.45, 7) is 9.68. The molecule has 10 heteroatoms. The van der Waals surface area contributed by atoms with Crippen LogP contribution in [0.2, 0.25) is 0 Å². The van der Waals surface area contributed by atoms with Crippen LogP contribution in [0.15, 0.2) is 101 Å². The number of hydrogen-bond donors (Lipinski definition) is 0. The lowest BCUT2D eigenvalue weighted by atomic mass is 10.00. The molecule has 3 aromatic carbocycles. The van der Waals surface area contributed by atoms with E-state index in [-0.39, 0.29) is 29.8 Å². The second kappa shape index (κ2) is 14.9. The van der Waals surface area contributed by atoms with E-state index in [9.17, 15) is 26.7 Å². The number of nitrogens with zero attached hydrogens (tertiary/aromatic N) is 3. The van der Waals surface area contributed by atoms with Gasteiger partial charge in [-0.05, 0) is 90.8 Å². The second-order valence-electron chi connectivity index (χ2n) is 12.8. The van der Waals surface area contributed by atoms with E-state index < -0.39 is 23.4 Å². The summed E-state index contributed by atoms with van der Waals surface area (Å²) in [5.41, 5.74) is 5.10. The van der Waals surface area contributed by atoms with Crippen molar-refractivity contribution in [1.29, 1.82) is 0 Å². The number of hydrogen-bond acceptors (Lipinski definition) is 4. The molecule has 4 nitrogen and oxygen atoms in total. The quantitative estimate of drug-likeness (QED) is 0.198. The molecule has 1 aliphatic carbocycles. The molecule has 0 bridgehead atoms. The fraction of sp³-hybridized carbons (Fsp3) is 0.359. The molecule has 3 aliphatic rings. The van der Waals surface area contributed by atoms with Gasteiger partial charge in [0.2, 0.25) is 5.91 Å². The Balaban J connectivity index is 1.23. The van der Waals surface area contributed by atoms with Gasteiger partial charge in [0.15, 0.2) is 11.6 Å². The van der Waals surface area contributed by atoms with Gasteiger partial charge in [0, 0.05) is 42.7 Å². The Labute approximate surface area is 289 Å². The van der Waals surface area contributed by atoms with E-state index in [0.717, 1.165) is 103 Å². The van der Waals surface area contributed by atoms with Crippen molar-refractivity contribution >= 4 is 17.7 Å². The molecule has 0 atom stereocenters. The number of thioether (sulfide) groups is 1. The van der Waals surface area contributed by atoms with Crippen molar-refractivity contribution in [1.82, 2.24) is 14.7 Å². The summed E-state index contributed by atoms with van der Waals surface area (Å²) in [5, 5.41) is 0.796. The Bertz CT molecular complexity index is 1740. The van der Waals surface area contributed by atoms with Gasteiger partial charge in [-0.1, -0.05) is 62.0 Å². The first-order chi connectivity index (χ1) is 23.5. The summed E-state index contributed by atoms with van der Waals surface area (Å²) >= 11 is 1.38. The molecule has 258 valence electrons. The predicted octanol–water partition coefficient (Wildman–Crippen LogP) is 9.55. The van der Waals surface area contributed by atoms with Crippen LogP contribution in [0.25, 0.3) is 11.1 Å². The maximum Gasteiger partial charge on any atom is 0.416 e. The first-order valence-electron chi connectivity index (χ1n) is 16.8. The molecule has 49 heavy (non-hydrogen) atoms. The fourth-order valence-corrected chi connectivity index (χ4v) is 8.05. The lowest BCUT2D eigenvalue weighted by Gasteiger charge is -2.40. The van der Waals surface area contributed by atoms with Crippen molar-refractivity contribution < 1.29 is 26.7 Å². The van der Waals surface area contributed by atoms with Gasteiger partial charge in [0.25, 0.3) is 0 Å². The van der Waals surface area contributed by atoms with Gasteiger partial charge in [0.05, 0.1) is 10.6 Å². The van der Waals surface area contributed by atoms with Gasteiger partial charge >= 0.3 is 6.18 Å². The van der Waals surface area contributed by atoms with Crippen molar-refractivity contribution in [3.05, 3.63) is 130 Å². The molecular formula is C39H40F5N3OS. The summed E-state index contributed by atoms with van der Waals surface area (Å²) < 4.78 is 67.7. The van der Waals surface area contributed by atoms with Gasteiger partial charge in [0.1, 0.15) is 6.54 Å². The summed E-state index contributed by atoms with van der Waals surface area (Å²) in [4.78, 5) is 20.9. The molecule has 1 fully saturated rings. The molecule has 0 radical (unpaired) electrons. The van der Waals surface area contributed by atoms with Crippen molar-refractivity contribution in [3.63, 3.8) is 0 Å². The third-order valence-corrected chi connectivity index (χ3v) is 10.9. The van der Waals surface area contributed by atoms with Crippen LogP contribution in [-0.4, -0.2) is 52.8 Å². The van der Waals surface area contributed by atoms with Gasteiger partial charge in [-0.2, -0.15) is 13.2 Å². The minimum atomic E-state index is -4.39. The fourth-order valence-electron chi connectivity index (χ4n) is 6.97. The molecule has 6 rings (SSSR count). The van der Waals surface area contributed by atoms with Crippen molar-refractivity contribution in [3.8, 4) is 11.1 Å². The Morgan fingerprint density at radius 3 is 2.29 bits per heavy atom. The first-order valence-corrected chi connectivity index (χ1v) is 17.7. The zero-order valence-electron chi connectivity index (χ0n) is 27.5. The van der Waals surface area contributed by atoms with Crippen molar-refractivity contribution in [2.75, 3.05) is 26.2 Å². The molecule has 1 saturated heterocycles. The van der Waals surface area contributed by atoms with Crippen LogP contribution in [0.4, 0.5) is 22.0 Å². The molecule has 2 aliphatic heterocycles. The summed E-state index contributed by atoms with van der Waals surface area (Å²) in [5.74, 6) is -1.55. The van der Waals surface area contributed by atoms with Crippen LogP contribution in [-0.2, 0) is 23.3 Å². The highest BCUT2D eigenvalue weighted by atomic mass is 32.2. The van der Waals surface area contributed by atoms with Crippen LogP contribution in [0.3, 0.4) is 0 Å². The smallest absolute Gasteiger partial charge is 0.334 e. The number of allylic oxidation sites excluding steroid dienone is 4. The third-order valence-electron chi connectivity index (χ3n) is 9.78. The molecule has 0 spiro atoms. The van der Waals surface area contributed by atoms with Gasteiger partial charge in [-0.25, -0.2) is 8.78 Å². The summed E-state index contributed by atoms with van der Waals surface area (Å²) in [7, 11) is 0. The first kappa shape index (κ1) is 35.0. The molecule has 1 amide bonds. The van der Waals surface area contributed by atoms with E-state index in [2.05, 4.69) is 23.3 Å². The van der Waals surface area contributed by atoms with Crippen LogP contribution in [0.5, 0.6) is 0 Å². The van der Waals surface area contributed by atoms with E-state index in [4.69, 9.17) is 0 Å². The van der Waals surface area contributed by atoms with E-state index >= 15 is 0 Å². The maximum absolute atomic E-state index is 14.6. The number of benzene rings is 3. The normalized spacial score (nSPS) is 17.4. The number of alkyl halides is 3. The largest absolute Gasteiger partial charge is 0.416 e. The lowest BCUT2D eigenvalue weighted by molar-refractivity contribution is -0.137. The van der Waals surface area contributed by atoms with Crippen molar-refractivity contribution in [2.45, 2.75) is 63.5 Å². The van der Waals surface area contributed by atoms with Crippen LogP contribution >= 0.6 is 11.8 Å². The van der Waals surface area contributed by atoms with Gasteiger partial charge < -0.3 is 14.7 Å². The predicted molar refractivity (Wildman–Crippen MR) is 185 cm³/mol. The Morgan fingerprint density at radius 1 is 0.959 bits per heavy atom. The highest BCUT2D eigenvalue weighted by Gasteiger charge is 2.34. The minimum absolute atomic E-state index is 0.0172. The molecule has 0 saturated carbocycles. The zero-order chi connectivity index (χ0) is 34.7. The number of carbonyl (C=O) groups is 1. The highest BCUT2D eigenvalue weighted by Crippen LogP contribution is 2.43. The number of likely N-dealkylation sites (tertiary alicyclic amines) is 1. The number of rotatable bonds is 10. The number of amides is 1. The Morgan fingerprint density at radius 2 is 1.63 bits per heavy atom. The number of piperidine rings is 1. The molecule has 0 aromatic heterocycles. The highest BCUT2D eigenvalue weighted by molar-refractivity contribution is 8.02. The SMILES string of the molecule is C=C1C=C(SCc2cccc(F)c2F)N(CC(=O)N(Cc2ccc(-c3ccc(C(F)(F)F)cc3)cc2)C2CCN(CC)CC2)C2=C1CCC2. The van der Waals surface area contributed by atoms with E-state index in [0.29, 0.717) is 12.1 Å². The Hall–Kier alpha value is -3.89. The van der Waals surface area contributed by atoms with E-state index in [1.807, 2.05) is 35.2 Å².